The van der Waals surface area contributed by atoms with Crippen LogP contribution in [-0.2, 0) is 12.0 Å². The first-order chi connectivity index (χ1) is 12.4. The van der Waals surface area contributed by atoms with Crippen LogP contribution in [0.25, 0.3) is 22.4 Å². The van der Waals surface area contributed by atoms with Crippen molar-refractivity contribution in [1.29, 1.82) is 0 Å². The van der Waals surface area contributed by atoms with Gasteiger partial charge in [0.1, 0.15) is 23.4 Å². The number of nitrogens with zero attached hydrogens (tertiary/aromatic N) is 5. The Balaban J connectivity index is 1.64. The topological polar surface area (TPSA) is 72.3 Å². The molecule has 3 heterocycles. The van der Waals surface area contributed by atoms with Gasteiger partial charge in [-0.25, -0.2) is 9.97 Å². The van der Waals surface area contributed by atoms with Crippen LogP contribution in [0.2, 0.25) is 0 Å². The van der Waals surface area contributed by atoms with Crippen molar-refractivity contribution in [2.45, 2.75) is 39.7 Å². The molecule has 0 aliphatic rings. The number of aromatic amines is 1. The van der Waals surface area contributed by atoms with E-state index in [1.54, 1.807) is 11.1 Å². The van der Waals surface area contributed by atoms with Gasteiger partial charge in [0.2, 0.25) is 0 Å². The molecule has 0 saturated carbocycles. The molecule has 0 bridgehead atoms. The first-order valence-corrected chi connectivity index (χ1v) is 8.71. The summed E-state index contributed by atoms with van der Waals surface area (Å²) >= 11 is 0. The lowest BCUT2D eigenvalue weighted by atomic mass is 9.87. The number of nitrogens with one attached hydrogen (secondary N) is 1. The maximum absolute atomic E-state index is 4.68. The zero-order chi connectivity index (χ0) is 18.3. The quantitative estimate of drug-likeness (QED) is 0.611. The monoisotopic (exact) mass is 346 g/mol. The number of H-pyrrole nitrogens is 1. The molecule has 3 aromatic heterocycles. The fourth-order valence-electron chi connectivity index (χ4n) is 3.05. The highest BCUT2D eigenvalue weighted by Gasteiger charge is 2.16. The van der Waals surface area contributed by atoms with E-state index in [1.165, 1.54) is 11.1 Å². The number of hydrogen-bond acceptors (Lipinski definition) is 4. The summed E-state index contributed by atoms with van der Waals surface area (Å²) < 4.78 is 0. The van der Waals surface area contributed by atoms with Gasteiger partial charge >= 0.3 is 0 Å². The predicted octanol–water partition coefficient (Wildman–Crippen LogP) is 3.87. The highest BCUT2D eigenvalue weighted by Crippen LogP contribution is 2.25. The summed E-state index contributed by atoms with van der Waals surface area (Å²) in [5.74, 6) is 0. The molecule has 0 radical (unpaired) electrons. The summed E-state index contributed by atoms with van der Waals surface area (Å²) in [6, 6.07) is 10.6. The molecule has 132 valence electrons. The van der Waals surface area contributed by atoms with Gasteiger partial charge in [-0.1, -0.05) is 45.0 Å². The number of fused-ring (bicyclic) bond motifs is 1. The van der Waals surface area contributed by atoms with E-state index in [9.17, 15) is 0 Å². The molecule has 6 heteroatoms. The van der Waals surface area contributed by atoms with Crippen molar-refractivity contribution in [3.05, 3.63) is 59.7 Å². The minimum Gasteiger partial charge on any atom is -0.346 e. The van der Waals surface area contributed by atoms with Crippen molar-refractivity contribution < 1.29 is 0 Å². The van der Waals surface area contributed by atoms with E-state index < -0.39 is 0 Å². The minimum atomic E-state index is 0.154. The second kappa shape index (κ2) is 6.05. The maximum atomic E-state index is 4.68. The van der Waals surface area contributed by atoms with E-state index in [1.807, 2.05) is 19.2 Å². The van der Waals surface area contributed by atoms with Crippen molar-refractivity contribution in [1.82, 2.24) is 29.9 Å². The Labute approximate surface area is 152 Å². The third-order valence-corrected chi connectivity index (χ3v) is 4.55. The van der Waals surface area contributed by atoms with Crippen molar-refractivity contribution in [3.63, 3.8) is 0 Å². The molecule has 0 fully saturated rings. The molecular formula is C20H22N6. The van der Waals surface area contributed by atoms with Gasteiger partial charge in [0.05, 0.1) is 12.2 Å². The summed E-state index contributed by atoms with van der Waals surface area (Å²) in [5.41, 5.74) is 5.92. The van der Waals surface area contributed by atoms with E-state index in [0.29, 0.717) is 6.54 Å². The maximum Gasteiger partial charge on any atom is 0.141 e. The van der Waals surface area contributed by atoms with Gasteiger partial charge < -0.3 is 4.98 Å². The Bertz CT molecular complexity index is 1050. The first-order valence-electron chi connectivity index (χ1n) is 8.71. The average molecular weight is 346 g/mol. The third kappa shape index (κ3) is 2.98. The largest absolute Gasteiger partial charge is 0.346 e. The molecule has 1 N–H and O–H groups in total. The molecule has 26 heavy (non-hydrogen) atoms. The van der Waals surface area contributed by atoms with Crippen LogP contribution in [-0.4, -0.2) is 29.9 Å². The summed E-state index contributed by atoms with van der Waals surface area (Å²) in [5, 5.41) is 10.2. The van der Waals surface area contributed by atoms with Gasteiger partial charge in [0.25, 0.3) is 0 Å². The SMILES string of the molecule is Cc1nn(Cc2ccc(C(C)(C)C)cc2)nc1-c1ncnc2[nH]ccc12. The van der Waals surface area contributed by atoms with E-state index >= 15 is 0 Å². The fraction of sp³-hybridized carbons (Fsp3) is 0.300. The minimum absolute atomic E-state index is 0.154. The molecule has 0 atom stereocenters. The first kappa shape index (κ1) is 16.4. The average Bonchev–Trinajstić information content (AvgIpc) is 3.20. The fourth-order valence-corrected chi connectivity index (χ4v) is 3.05. The lowest BCUT2D eigenvalue weighted by Crippen LogP contribution is -2.11. The van der Waals surface area contributed by atoms with Crippen LogP contribution in [0.1, 0.15) is 37.6 Å². The molecule has 0 spiro atoms. The molecule has 0 saturated heterocycles. The Morgan fingerprint density at radius 3 is 2.46 bits per heavy atom. The molecule has 6 nitrogen and oxygen atoms in total. The smallest absolute Gasteiger partial charge is 0.141 e. The summed E-state index contributed by atoms with van der Waals surface area (Å²) in [6.45, 7) is 9.25. The van der Waals surface area contributed by atoms with Crippen LogP contribution < -0.4 is 0 Å². The number of aryl methyl sites for hydroxylation is 1. The summed E-state index contributed by atoms with van der Waals surface area (Å²) in [7, 11) is 0. The molecule has 1 aromatic carbocycles. The number of aromatic nitrogens is 6. The van der Waals surface area contributed by atoms with Gasteiger partial charge in [-0.05, 0) is 29.5 Å². The predicted molar refractivity (Wildman–Crippen MR) is 102 cm³/mol. The van der Waals surface area contributed by atoms with Crippen LogP contribution in [0.4, 0.5) is 0 Å². The Morgan fingerprint density at radius 2 is 1.73 bits per heavy atom. The van der Waals surface area contributed by atoms with Crippen molar-refractivity contribution in [2.75, 3.05) is 0 Å². The van der Waals surface area contributed by atoms with Gasteiger partial charge in [0.15, 0.2) is 0 Å². The van der Waals surface area contributed by atoms with Crippen LogP contribution in [0.15, 0.2) is 42.9 Å². The zero-order valence-electron chi connectivity index (χ0n) is 15.5. The van der Waals surface area contributed by atoms with Gasteiger partial charge in [-0.2, -0.15) is 15.0 Å². The second-order valence-electron chi connectivity index (χ2n) is 7.57. The number of benzene rings is 1. The van der Waals surface area contributed by atoms with E-state index in [2.05, 4.69) is 70.2 Å². The van der Waals surface area contributed by atoms with Crippen molar-refractivity contribution in [2.24, 2.45) is 0 Å². The zero-order valence-corrected chi connectivity index (χ0v) is 15.5. The van der Waals surface area contributed by atoms with Gasteiger partial charge in [0, 0.05) is 11.6 Å². The Morgan fingerprint density at radius 1 is 0.962 bits per heavy atom. The lowest BCUT2D eigenvalue weighted by Gasteiger charge is -2.19. The molecular weight excluding hydrogens is 324 g/mol. The standard InChI is InChI=1S/C20H22N6/c1-13-17(18-16-9-10-21-19(16)23-12-22-18)25-26(24-13)11-14-5-7-15(8-6-14)20(2,3)4/h5-10,12H,11H2,1-4H3,(H,21,22,23). The molecule has 0 amide bonds. The Hall–Kier alpha value is -3.02. The van der Waals surface area contributed by atoms with Crippen LogP contribution in [0, 0.1) is 6.92 Å². The molecule has 4 rings (SSSR count). The van der Waals surface area contributed by atoms with Crippen molar-refractivity contribution in [3.8, 4) is 11.4 Å². The van der Waals surface area contributed by atoms with Crippen LogP contribution in [0.3, 0.4) is 0 Å². The summed E-state index contributed by atoms with van der Waals surface area (Å²) in [6.07, 6.45) is 3.41. The van der Waals surface area contributed by atoms with Crippen LogP contribution >= 0.6 is 0 Å². The lowest BCUT2D eigenvalue weighted by molar-refractivity contribution is 0.581. The molecule has 4 aromatic rings. The molecule has 0 aliphatic carbocycles. The highest BCUT2D eigenvalue weighted by molar-refractivity contribution is 5.89. The van der Waals surface area contributed by atoms with Crippen molar-refractivity contribution >= 4 is 11.0 Å². The number of hydrogen-bond donors (Lipinski definition) is 1. The summed E-state index contributed by atoms with van der Waals surface area (Å²) in [4.78, 5) is 13.5. The molecule has 0 aliphatic heterocycles. The normalized spacial score (nSPS) is 12.0. The van der Waals surface area contributed by atoms with E-state index in [-0.39, 0.29) is 5.41 Å². The van der Waals surface area contributed by atoms with Crippen LogP contribution in [0.5, 0.6) is 0 Å². The van der Waals surface area contributed by atoms with E-state index in [0.717, 1.165) is 28.1 Å². The van der Waals surface area contributed by atoms with Gasteiger partial charge in [-0.15, -0.1) is 0 Å². The molecule has 0 unspecified atom stereocenters. The Kier molecular flexibility index (Phi) is 3.83. The van der Waals surface area contributed by atoms with Gasteiger partial charge in [-0.3, -0.25) is 0 Å². The second-order valence-corrected chi connectivity index (χ2v) is 7.57. The van der Waals surface area contributed by atoms with E-state index in [4.69, 9.17) is 0 Å². The third-order valence-electron chi connectivity index (χ3n) is 4.55. The highest BCUT2D eigenvalue weighted by atomic mass is 15.5. The number of rotatable bonds is 3.